The summed E-state index contributed by atoms with van der Waals surface area (Å²) in [5.74, 6) is 0.812. The molecule has 1 aliphatic rings. The average molecular weight is 386 g/mol. The predicted octanol–water partition coefficient (Wildman–Crippen LogP) is 5.08. The largest absolute Gasteiger partial charge is 0.260 e. The van der Waals surface area contributed by atoms with Crippen LogP contribution in [-0.2, 0) is 18.3 Å². The van der Waals surface area contributed by atoms with Crippen molar-refractivity contribution in [2.45, 2.75) is 59.3 Å². The Balaban J connectivity index is 1.67. The van der Waals surface area contributed by atoms with Crippen LogP contribution in [-0.4, -0.2) is 20.7 Å². The summed E-state index contributed by atoms with van der Waals surface area (Å²) >= 11 is 3.51. The quantitative estimate of drug-likeness (QED) is 0.504. The first-order valence-electron chi connectivity index (χ1n) is 8.88. The SMILES string of the molecule is CC(=NNc1ncnc2sc3c(c12)CCC3)c1sc(C(C)(C)C)nc1C. The number of fused-ring (bicyclic) bond motifs is 3. The Morgan fingerprint density at radius 3 is 2.73 bits per heavy atom. The van der Waals surface area contributed by atoms with E-state index in [0.29, 0.717) is 0 Å². The second-order valence-electron chi connectivity index (χ2n) is 7.75. The van der Waals surface area contributed by atoms with Crippen molar-refractivity contribution in [2.75, 3.05) is 5.43 Å². The van der Waals surface area contributed by atoms with Gasteiger partial charge in [0.2, 0.25) is 0 Å². The monoisotopic (exact) mass is 385 g/mol. The van der Waals surface area contributed by atoms with Gasteiger partial charge in [-0.05, 0) is 38.7 Å². The molecule has 0 atom stereocenters. The average Bonchev–Trinajstić information content (AvgIpc) is 3.25. The molecule has 4 rings (SSSR count). The molecule has 26 heavy (non-hydrogen) atoms. The first-order valence-corrected chi connectivity index (χ1v) is 10.5. The summed E-state index contributed by atoms with van der Waals surface area (Å²) in [5.41, 5.74) is 6.63. The van der Waals surface area contributed by atoms with Gasteiger partial charge in [-0.25, -0.2) is 15.0 Å². The molecule has 0 spiro atoms. The highest BCUT2D eigenvalue weighted by Crippen LogP contribution is 2.39. The molecular formula is C19H23N5S2. The van der Waals surface area contributed by atoms with Crippen molar-refractivity contribution < 1.29 is 0 Å². The van der Waals surface area contributed by atoms with Gasteiger partial charge in [-0.15, -0.1) is 22.7 Å². The zero-order valence-corrected chi connectivity index (χ0v) is 17.4. The van der Waals surface area contributed by atoms with Gasteiger partial charge in [-0.1, -0.05) is 20.8 Å². The number of thiazole rings is 1. The van der Waals surface area contributed by atoms with Gasteiger partial charge in [-0.2, -0.15) is 5.10 Å². The van der Waals surface area contributed by atoms with Crippen LogP contribution in [0, 0.1) is 6.92 Å². The van der Waals surface area contributed by atoms with Crippen LogP contribution in [0.3, 0.4) is 0 Å². The number of aromatic nitrogens is 3. The lowest BCUT2D eigenvalue weighted by atomic mass is 9.98. The van der Waals surface area contributed by atoms with E-state index in [9.17, 15) is 0 Å². The van der Waals surface area contributed by atoms with E-state index in [1.807, 2.05) is 6.92 Å². The highest BCUT2D eigenvalue weighted by molar-refractivity contribution is 7.19. The van der Waals surface area contributed by atoms with E-state index in [2.05, 4.69) is 48.2 Å². The first-order chi connectivity index (χ1) is 12.3. The van der Waals surface area contributed by atoms with Crippen LogP contribution in [0.2, 0.25) is 0 Å². The van der Waals surface area contributed by atoms with E-state index >= 15 is 0 Å². The summed E-state index contributed by atoms with van der Waals surface area (Å²) in [6, 6.07) is 0. The van der Waals surface area contributed by atoms with Crippen LogP contribution < -0.4 is 5.43 Å². The van der Waals surface area contributed by atoms with Crippen molar-refractivity contribution in [3.8, 4) is 0 Å². The Morgan fingerprint density at radius 2 is 2.00 bits per heavy atom. The third-order valence-electron chi connectivity index (χ3n) is 4.60. The molecule has 136 valence electrons. The van der Waals surface area contributed by atoms with Crippen LogP contribution >= 0.6 is 22.7 Å². The number of aryl methyl sites for hydroxylation is 3. The fraction of sp³-hybridized carbons (Fsp3) is 0.474. The van der Waals surface area contributed by atoms with Gasteiger partial charge in [-0.3, -0.25) is 5.43 Å². The van der Waals surface area contributed by atoms with Crippen molar-refractivity contribution >= 4 is 44.4 Å². The van der Waals surface area contributed by atoms with Crippen molar-refractivity contribution in [3.05, 3.63) is 32.3 Å². The highest BCUT2D eigenvalue weighted by Gasteiger charge is 2.22. The lowest BCUT2D eigenvalue weighted by Crippen LogP contribution is -2.10. The van der Waals surface area contributed by atoms with Crippen molar-refractivity contribution in [2.24, 2.45) is 5.10 Å². The standard InChI is InChI=1S/C19H23N5S2/c1-10-15(26-18(22-10)19(3,4)5)11(2)23-24-16-14-12-7-6-8-13(12)25-17(14)21-9-20-16/h9H,6-8H2,1-5H3,(H,20,21,24). The maximum atomic E-state index is 4.73. The molecule has 5 nitrogen and oxygen atoms in total. The third kappa shape index (κ3) is 3.03. The normalized spacial score (nSPS) is 14.9. The molecule has 0 saturated carbocycles. The number of hydrogen-bond donors (Lipinski definition) is 1. The van der Waals surface area contributed by atoms with Gasteiger partial charge in [0, 0.05) is 10.3 Å². The molecule has 7 heteroatoms. The second-order valence-corrected chi connectivity index (χ2v) is 9.84. The van der Waals surface area contributed by atoms with Crippen molar-refractivity contribution in [1.82, 2.24) is 15.0 Å². The Bertz CT molecular complexity index is 1010. The number of thiophene rings is 1. The van der Waals surface area contributed by atoms with Crippen LogP contribution in [0.15, 0.2) is 11.4 Å². The van der Waals surface area contributed by atoms with E-state index in [4.69, 9.17) is 4.98 Å². The molecular weight excluding hydrogens is 362 g/mol. The summed E-state index contributed by atoms with van der Waals surface area (Å²) < 4.78 is 0. The zero-order chi connectivity index (χ0) is 18.5. The number of anilines is 1. The Morgan fingerprint density at radius 1 is 1.19 bits per heavy atom. The zero-order valence-electron chi connectivity index (χ0n) is 15.8. The van der Waals surface area contributed by atoms with E-state index in [-0.39, 0.29) is 5.41 Å². The molecule has 0 aromatic carbocycles. The topological polar surface area (TPSA) is 63.1 Å². The summed E-state index contributed by atoms with van der Waals surface area (Å²) in [5, 5.41) is 6.92. The predicted molar refractivity (Wildman–Crippen MR) is 111 cm³/mol. The summed E-state index contributed by atoms with van der Waals surface area (Å²) in [4.78, 5) is 17.3. The van der Waals surface area contributed by atoms with E-state index < -0.39 is 0 Å². The minimum absolute atomic E-state index is 0.0530. The molecule has 0 fully saturated rings. The number of nitrogens with one attached hydrogen (secondary N) is 1. The van der Waals surface area contributed by atoms with Crippen molar-refractivity contribution in [3.63, 3.8) is 0 Å². The molecule has 3 heterocycles. The lowest BCUT2D eigenvalue weighted by Gasteiger charge is -2.13. The smallest absolute Gasteiger partial charge is 0.158 e. The third-order valence-corrected chi connectivity index (χ3v) is 7.49. The molecule has 3 aromatic rings. The van der Waals surface area contributed by atoms with Crippen LogP contribution in [0.5, 0.6) is 0 Å². The maximum Gasteiger partial charge on any atom is 0.158 e. The Hall–Kier alpha value is -1.86. The van der Waals surface area contributed by atoms with Crippen LogP contribution in [0.4, 0.5) is 5.82 Å². The van der Waals surface area contributed by atoms with Crippen LogP contribution in [0.25, 0.3) is 10.2 Å². The van der Waals surface area contributed by atoms with Crippen LogP contribution in [0.1, 0.15) is 60.1 Å². The molecule has 3 aromatic heterocycles. The number of nitrogens with zero attached hydrogens (tertiary/aromatic N) is 4. The van der Waals surface area contributed by atoms with Crippen molar-refractivity contribution in [1.29, 1.82) is 0 Å². The molecule has 1 N–H and O–H groups in total. The fourth-order valence-corrected chi connectivity index (χ4v) is 5.55. The summed E-state index contributed by atoms with van der Waals surface area (Å²) in [7, 11) is 0. The second kappa shape index (κ2) is 6.39. The molecule has 0 radical (unpaired) electrons. The number of rotatable bonds is 3. The van der Waals surface area contributed by atoms with Gasteiger partial charge < -0.3 is 0 Å². The molecule has 0 unspecified atom stereocenters. The Labute approximate surface area is 161 Å². The van der Waals surface area contributed by atoms with E-state index in [1.165, 1.54) is 16.9 Å². The van der Waals surface area contributed by atoms with Gasteiger partial charge in [0.25, 0.3) is 0 Å². The highest BCUT2D eigenvalue weighted by atomic mass is 32.1. The molecule has 1 aliphatic carbocycles. The van der Waals surface area contributed by atoms with Gasteiger partial charge in [0.15, 0.2) is 5.82 Å². The minimum atomic E-state index is 0.0530. The molecule has 0 saturated heterocycles. The van der Waals surface area contributed by atoms with Gasteiger partial charge in [0.05, 0.1) is 26.7 Å². The van der Waals surface area contributed by atoms with Gasteiger partial charge in [0.1, 0.15) is 11.2 Å². The fourth-order valence-electron chi connectivity index (χ4n) is 3.25. The first kappa shape index (κ1) is 17.5. The Kier molecular flexibility index (Phi) is 4.31. The van der Waals surface area contributed by atoms with E-state index in [1.54, 1.807) is 29.0 Å². The molecule has 0 bridgehead atoms. The maximum absolute atomic E-state index is 4.73. The van der Waals surface area contributed by atoms with E-state index in [0.717, 1.165) is 50.2 Å². The molecule has 0 aliphatic heterocycles. The number of hydrazone groups is 1. The molecule has 0 amide bonds. The van der Waals surface area contributed by atoms with Gasteiger partial charge >= 0.3 is 0 Å². The minimum Gasteiger partial charge on any atom is -0.260 e. The number of hydrogen-bond acceptors (Lipinski definition) is 7. The summed E-state index contributed by atoms with van der Waals surface area (Å²) in [6.07, 6.45) is 5.12. The summed E-state index contributed by atoms with van der Waals surface area (Å²) in [6.45, 7) is 10.6. The lowest BCUT2D eigenvalue weighted by molar-refractivity contribution is 0.584.